The minimum atomic E-state index is -0.898. The van der Waals surface area contributed by atoms with E-state index in [0.717, 1.165) is 23.5 Å². The molecule has 58 heavy (non-hydrogen) atoms. The number of carbonyl (C=O) groups excluding carboxylic acids is 2. The van der Waals surface area contributed by atoms with Gasteiger partial charge in [-0.3, -0.25) is 9.59 Å². The van der Waals surface area contributed by atoms with Crippen molar-refractivity contribution in [2.75, 3.05) is 40.5 Å². The first-order chi connectivity index (χ1) is 26.5. The molecule has 9 nitrogen and oxygen atoms in total. The summed E-state index contributed by atoms with van der Waals surface area (Å²) in [6.07, 6.45) is 1.62. The number of amides is 2. The van der Waals surface area contributed by atoms with E-state index in [-0.39, 0.29) is 59.5 Å². The molecule has 4 N–H and O–H groups in total. The molecule has 0 saturated heterocycles. The second-order valence-electron chi connectivity index (χ2n) is 20.9. The van der Waals surface area contributed by atoms with Gasteiger partial charge in [0, 0.05) is 32.2 Å². The van der Waals surface area contributed by atoms with Crippen molar-refractivity contribution in [3.8, 4) is 11.5 Å². The molecule has 10 atom stereocenters. The smallest absolute Gasteiger partial charge is 0.228 e. The Labute approximate surface area is 356 Å². The highest BCUT2D eigenvalue weighted by atomic mass is 16.5. The SMILES string of the molecule is CCOc1ccc(C(C)[C@H](C(C)CC)C(C)[C@](C)(N)[C@@H](CC(C)(C(=O)N(C)CC(CC)(C(N)=O)C(C)(C)C)[C@@H](C)C(C)(C)C)OC)c(C)c1OCC(C)COC(C)C. The van der Waals surface area contributed by atoms with Gasteiger partial charge in [0.25, 0.3) is 0 Å². The first-order valence-electron chi connectivity index (χ1n) is 22.3. The third kappa shape index (κ3) is 12.4. The van der Waals surface area contributed by atoms with Crippen molar-refractivity contribution in [3.63, 3.8) is 0 Å². The van der Waals surface area contributed by atoms with Crippen LogP contribution in [-0.2, 0) is 19.1 Å². The third-order valence-corrected chi connectivity index (χ3v) is 14.6. The molecule has 0 aliphatic carbocycles. The number of ether oxygens (including phenoxy) is 4. The van der Waals surface area contributed by atoms with E-state index >= 15 is 4.79 Å². The first kappa shape index (κ1) is 53.7. The fourth-order valence-corrected chi connectivity index (χ4v) is 9.62. The van der Waals surface area contributed by atoms with E-state index in [2.05, 4.69) is 95.2 Å². The Morgan fingerprint density at radius 2 is 1.43 bits per heavy atom. The Kier molecular flexibility index (Phi) is 19.8. The number of nitrogens with two attached hydrogens (primary N) is 2. The van der Waals surface area contributed by atoms with E-state index in [9.17, 15) is 4.79 Å². The minimum Gasteiger partial charge on any atom is -0.490 e. The van der Waals surface area contributed by atoms with Crippen molar-refractivity contribution in [1.82, 2.24) is 4.90 Å². The van der Waals surface area contributed by atoms with Crippen LogP contribution >= 0.6 is 0 Å². The maximum atomic E-state index is 15.1. The molecule has 1 rings (SSSR count). The number of hydrogen-bond acceptors (Lipinski definition) is 7. The van der Waals surface area contributed by atoms with Crippen LogP contribution in [-0.4, -0.2) is 75.0 Å². The van der Waals surface area contributed by atoms with Gasteiger partial charge in [0.05, 0.1) is 42.9 Å². The zero-order valence-electron chi connectivity index (χ0n) is 41.3. The van der Waals surface area contributed by atoms with E-state index in [1.807, 2.05) is 55.5 Å². The lowest BCUT2D eigenvalue weighted by Crippen LogP contribution is -2.61. The fourth-order valence-electron chi connectivity index (χ4n) is 9.62. The molecule has 9 heteroatoms. The van der Waals surface area contributed by atoms with Crippen LogP contribution in [0.25, 0.3) is 0 Å². The van der Waals surface area contributed by atoms with Crippen LogP contribution in [0.3, 0.4) is 0 Å². The second kappa shape index (κ2) is 21.4. The summed E-state index contributed by atoms with van der Waals surface area (Å²) >= 11 is 0. The molecular weight excluding hydrogens is 727 g/mol. The average Bonchev–Trinajstić information content (AvgIpc) is 3.12. The monoisotopic (exact) mass is 818 g/mol. The normalized spacial score (nSPS) is 19.4. The Bertz CT molecular complexity index is 1450. The van der Waals surface area contributed by atoms with Crippen LogP contribution in [0.4, 0.5) is 0 Å². The second-order valence-corrected chi connectivity index (χ2v) is 20.9. The summed E-state index contributed by atoms with van der Waals surface area (Å²) in [5, 5.41) is 0. The average molecular weight is 818 g/mol. The van der Waals surface area contributed by atoms with Gasteiger partial charge >= 0.3 is 0 Å². The molecule has 0 aliphatic heterocycles. The van der Waals surface area contributed by atoms with Gasteiger partial charge in [-0.1, -0.05) is 109 Å². The number of methoxy groups -OCH3 is 1. The van der Waals surface area contributed by atoms with Crippen molar-refractivity contribution in [2.24, 2.45) is 62.7 Å². The molecule has 0 aromatic heterocycles. The van der Waals surface area contributed by atoms with Crippen molar-refractivity contribution in [2.45, 2.75) is 174 Å². The number of carbonyl (C=O) groups is 2. The van der Waals surface area contributed by atoms with Gasteiger partial charge in [-0.05, 0) is 105 Å². The molecule has 0 saturated carbocycles. The minimum absolute atomic E-state index is 0.0172. The Morgan fingerprint density at radius 3 is 1.86 bits per heavy atom. The highest BCUT2D eigenvalue weighted by molar-refractivity contribution is 5.85. The van der Waals surface area contributed by atoms with Crippen molar-refractivity contribution >= 4 is 11.8 Å². The number of benzene rings is 1. The lowest BCUT2D eigenvalue weighted by molar-refractivity contribution is -0.155. The zero-order valence-corrected chi connectivity index (χ0v) is 41.3. The van der Waals surface area contributed by atoms with Crippen LogP contribution in [0.15, 0.2) is 12.1 Å². The van der Waals surface area contributed by atoms with Gasteiger partial charge < -0.3 is 35.3 Å². The predicted molar refractivity (Wildman–Crippen MR) is 242 cm³/mol. The molecule has 6 unspecified atom stereocenters. The predicted octanol–water partition coefficient (Wildman–Crippen LogP) is 10.4. The Morgan fingerprint density at radius 1 is 0.862 bits per heavy atom. The molecule has 1 aromatic carbocycles. The van der Waals surface area contributed by atoms with Crippen molar-refractivity contribution < 1.29 is 28.5 Å². The summed E-state index contributed by atoms with van der Waals surface area (Å²) in [6.45, 7) is 42.4. The summed E-state index contributed by atoms with van der Waals surface area (Å²) in [5.74, 6) is 1.86. The van der Waals surface area contributed by atoms with Crippen molar-refractivity contribution in [1.29, 1.82) is 0 Å². The Hall–Kier alpha value is -2.36. The molecule has 0 bridgehead atoms. The van der Waals surface area contributed by atoms with Crippen LogP contribution in [0, 0.1) is 58.2 Å². The third-order valence-electron chi connectivity index (χ3n) is 14.6. The maximum Gasteiger partial charge on any atom is 0.228 e. The van der Waals surface area contributed by atoms with E-state index < -0.39 is 27.9 Å². The molecule has 338 valence electrons. The maximum absolute atomic E-state index is 15.1. The van der Waals surface area contributed by atoms with E-state index in [4.69, 9.17) is 30.4 Å². The highest BCUT2D eigenvalue weighted by Gasteiger charge is 2.53. The van der Waals surface area contributed by atoms with Gasteiger partial charge in [-0.2, -0.15) is 0 Å². The summed E-state index contributed by atoms with van der Waals surface area (Å²) < 4.78 is 25.0. The Balaban J connectivity index is 3.80. The highest BCUT2D eigenvalue weighted by Crippen LogP contribution is 2.50. The van der Waals surface area contributed by atoms with Gasteiger partial charge in [0.1, 0.15) is 0 Å². The summed E-state index contributed by atoms with van der Waals surface area (Å²) in [7, 11) is 3.54. The van der Waals surface area contributed by atoms with Crippen molar-refractivity contribution in [3.05, 3.63) is 23.3 Å². The van der Waals surface area contributed by atoms with Crippen LogP contribution < -0.4 is 20.9 Å². The number of hydrogen-bond donors (Lipinski definition) is 2. The summed E-state index contributed by atoms with van der Waals surface area (Å²) in [5.41, 5.74) is 12.8. The molecular formula is C49H91N3O6. The van der Waals surface area contributed by atoms with E-state index in [1.165, 1.54) is 5.56 Å². The van der Waals surface area contributed by atoms with Gasteiger partial charge in [0.15, 0.2) is 11.5 Å². The molecule has 0 spiro atoms. The quantitative estimate of drug-likeness (QED) is 0.106. The van der Waals surface area contributed by atoms with Gasteiger partial charge in [0.2, 0.25) is 11.8 Å². The largest absolute Gasteiger partial charge is 0.490 e. The van der Waals surface area contributed by atoms with Crippen LogP contribution in [0.5, 0.6) is 11.5 Å². The topological polar surface area (TPSA) is 126 Å². The molecule has 0 fully saturated rings. The molecule has 0 radical (unpaired) electrons. The van der Waals surface area contributed by atoms with E-state index in [1.54, 1.807) is 12.0 Å². The summed E-state index contributed by atoms with van der Waals surface area (Å²) in [4.78, 5) is 30.0. The lowest BCUT2D eigenvalue weighted by atomic mass is 9.59. The summed E-state index contributed by atoms with van der Waals surface area (Å²) in [6, 6.07) is 4.25. The lowest BCUT2D eigenvalue weighted by Gasteiger charge is -2.51. The van der Waals surface area contributed by atoms with Gasteiger partial charge in [-0.15, -0.1) is 0 Å². The fraction of sp³-hybridized carbons (Fsp3) is 0.837. The zero-order chi connectivity index (χ0) is 45.4. The number of primary amides is 1. The molecule has 0 heterocycles. The van der Waals surface area contributed by atoms with E-state index in [0.29, 0.717) is 38.6 Å². The molecule has 2 amide bonds. The molecule has 1 aromatic rings. The molecule has 0 aliphatic rings. The first-order valence-corrected chi connectivity index (χ1v) is 22.3. The number of rotatable bonds is 24. The van der Waals surface area contributed by atoms with Gasteiger partial charge in [-0.25, -0.2) is 0 Å². The van der Waals surface area contributed by atoms with Crippen LogP contribution in [0.2, 0.25) is 0 Å². The number of nitrogens with zero attached hydrogens (tertiary/aromatic N) is 1. The standard InChI is InChI=1S/C49H91N3O6/c1-22-33(7)41(34(8)38-25-26-39(56-24-3)42(35(38)9)58-29-32(6)28-57-31(4)5)36(10)48(19,51)40(55-21)27-47(18,37(11)45(12,13)14)44(54)52(20)30-49(23-2,43(50)53)46(15,16)17/h25-26,31-34,36-37,40-41H,22-24,27-30,51H2,1-21H3,(H2,50,53)/t32?,33?,34?,36?,37-,40+,41-,47?,48-,49?/m0/s1. The van der Waals surface area contributed by atoms with Crippen LogP contribution in [0.1, 0.15) is 161 Å².